The number of benzene rings is 3. The second-order valence-electron chi connectivity index (χ2n) is 8.90. The average Bonchev–Trinajstić information content (AvgIpc) is 3.00. The van der Waals surface area contributed by atoms with Crippen molar-refractivity contribution in [1.82, 2.24) is 4.90 Å². The Morgan fingerprint density at radius 1 is 0.900 bits per heavy atom. The highest BCUT2D eigenvalue weighted by molar-refractivity contribution is 6.33. The van der Waals surface area contributed by atoms with Gasteiger partial charge < -0.3 is 14.7 Å². The summed E-state index contributed by atoms with van der Waals surface area (Å²) in [6.07, 6.45) is 0. The van der Waals surface area contributed by atoms with Crippen LogP contribution in [0.3, 0.4) is 0 Å². The van der Waals surface area contributed by atoms with Crippen LogP contribution in [0.15, 0.2) is 66.7 Å². The molecule has 0 radical (unpaired) electrons. The Bertz CT molecular complexity index is 1100. The number of piperazine rings is 1. The lowest BCUT2D eigenvalue weighted by molar-refractivity contribution is 0.201. The van der Waals surface area contributed by atoms with E-state index >= 15 is 0 Å². The first-order valence-electron chi connectivity index (χ1n) is 14.1. The third-order valence-electron chi connectivity index (χ3n) is 6.14. The molecule has 1 unspecified atom stereocenters. The molecule has 1 saturated heterocycles. The minimum atomic E-state index is -0.0117. The van der Waals surface area contributed by atoms with Crippen LogP contribution in [0.2, 0.25) is 10.0 Å². The van der Waals surface area contributed by atoms with Crippen molar-refractivity contribution in [2.24, 2.45) is 0 Å². The lowest BCUT2D eigenvalue weighted by Crippen LogP contribution is -2.47. The van der Waals surface area contributed by atoms with Gasteiger partial charge in [0, 0.05) is 43.8 Å². The Morgan fingerprint density at radius 2 is 1.50 bits per heavy atom. The van der Waals surface area contributed by atoms with Gasteiger partial charge in [0.1, 0.15) is 12.4 Å². The normalized spacial score (nSPS) is 13.2. The standard InChI is InChI=1S/C22H26ClN3O2.C7H7Cl.2C2H6/c1-17(19-4-2-18(15-24)3-5-19)16-25-8-10-26(11-9-25)22-7-6-20(14-21(22)23)28-13-12-27;1-6-2-4-7(8)5-3-6;2*1-2/h2-7,14,17,27H,8-13,16H2,1H3;2-5H,1H3;2*1-2H3. The number of ether oxygens (including phenoxy) is 1. The van der Waals surface area contributed by atoms with Crippen LogP contribution in [0, 0.1) is 18.3 Å². The summed E-state index contributed by atoms with van der Waals surface area (Å²) >= 11 is 12.1. The van der Waals surface area contributed by atoms with Crippen molar-refractivity contribution in [3.05, 3.63) is 93.5 Å². The van der Waals surface area contributed by atoms with E-state index in [1.54, 1.807) is 0 Å². The maximum absolute atomic E-state index is 8.93. The molecule has 1 aliphatic rings. The van der Waals surface area contributed by atoms with E-state index in [1.807, 2.05) is 89.2 Å². The first kappa shape index (κ1) is 35.3. The lowest BCUT2D eigenvalue weighted by atomic mass is 9.99. The fourth-order valence-corrected chi connectivity index (χ4v) is 4.50. The van der Waals surface area contributed by atoms with Crippen LogP contribution in [-0.4, -0.2) is 55.9 Å². The Labute approximate surface area is 251 Å². The van der Waals surface area contributed by atoms with Crippen LogP contribution in [0.1, 0.15) is 57.2 Å². The summed E-state index contributed by atoms with van der Waals surface area (Å²) in [6, 6.07) is 23.5. The molecule has 1 aliphatic heterocycles. The van der Waals surface area contributed by atoms with Crippen molar-refractivity contribution < 1.29 is 9.84 Å². The van der Waals surface area contributed by atoms with Crippen molar-refractivity contribution in [1.29, 1.82) is 5.26 Å². The van der Waals surface area contributed by atoms with Gasteiger partial charge in [0.2, 0.25) is 0 Å². The molecule has 4 rings (SSSR count). The molecule has 1 fully saturated rings. The van der Waals surface area contributed by atoms with Gasteiger partial charge in [-0.2, -0.15) is 5.26 Å². The summed E-state index contributed by atoms with van der Waals surface area (Å²) < 4.78 is 5.42. The number of nitrogens with zero attached hydrogens (tertiary/aromatic N) is 3. The van der Waals surface area contributed by atoms with Crippen molar-refractivity contribution in [2.75, 3.05) is 50.8 Å². The molecule has 40 heavy (non-hydrogen) atoms. The number of nitriles is 1. The SMILES string of the molecule is CC.CC.CC(CN1CCN(c2ccc(OCCO)cc2Cl)CC1)c1ccc(C#N)cc1.Cc1ccc(Cl)cc1. The second-order valence-corrected chi connectivity index (χ2v) is 9.75. The van der Waals surface area contributed by atoms with Crippen LogP contribution in [0.25, 0.3) is 0 Å². The van der Waals surface area contributed by atoms with Crippen LogP contribution in [-0.2, 0) is 0 Å². The third-order valence-corrected chi connectivity index (χ3v) is 6.70. The molecule has 0 spiro atoms. The summed E-state index contributed by atoms with van der Waals surface area (Å²) in [4.78, 5) is 4.78. The molecule has 1 atom stereocenters. The predicted octanol–water partition coefficient (Wildman–Crippen LogP) is 8.21. The highest BCUT2D eigenvalue weighted by Gasteiger charge is 2.21. The number of hydrogen-bond donors (Lipinski definition) is 1. The number of aliphatic hydroxyl groups excluding tert-OH is 1. The molecule has 0 amide bonds. The number of halogens is 2. The highest BCUT2D eigenvalue weighted by Crippen LogP contribution is 2.31. The average molecular weight is 587 g/mol. The van der Waals surface area contributed by atoms with Gasteiger partial charge in [0.25, 0.3) is 0 Å². The smallest absolute Gasteiger partial charge is 0.121 e. The molecule has 0 aromatic heterocycles. The summed E-state index contributed by atoms with van der Waals surface area (Å²) in [5, 5.41) is 19.3. The van der Waals surface area contributed by atoms with Gasteiger partial charge in [-0.1, -0.05) is 87.6 Å². The number of aryl methyl sites for hydroxylation is 1. The predicted molar refractivity (Wildman–Crippen MR) is 171 cm³/mol. The zero-order valence-corrected chi connectivity index (χ0v) is 26.3. The topological polar surface area (TPSA) is 59.7 Å². The number of anilines is 1. The van der Waals surface area contributed by atoms with Crippen molar-refractivity contribution in [2.45, 2.75) is 47.5 Å². The Morgan fingerprint density at radius 3 is 2.00 bits per heavy atom. The molecule has 0 bridgehead atoms. The molecule has 1 heterocycles. The minimum Gasteiger partial charge on any atom is -0.491 e. The van der Waals surface area contributed by atoms with Crippen molar-refractivity contribution >= 4 is 28.9 Å². The van der Waals surface area contributed by atoms with Crippen LogP contribution < -0.4 is 9.64 Å². The largest absolute Gasteiger partial charge is 0.491 e. The maximum Gasteiger partial charge on any atom is 0.121 e. The number of aliphatic hydroxyl groups is 1. The second kappa shape index (κ2) is 20.2. The molecule has 0 aliphatic carbocycles. The van der Waals surface area contributed by atoms with Crippen LogP contribution in [0.4, 0.5) is 5.69 Å². The monoisotopic (exact) mass is 585 g/mol. The molecule has 3 aromatic carbocycles. The summed E-state index contributed by atoms with van der Waals surface area (Å²) in [6.45, 7) is 17.4. The van der Waals surface area contributed by atoms with Crippen LogP contribution in [0.5, 0.6) is 5.75 Å². The Balaban J connectivity index is 0.000000561. The first-order valence-corrected chi connectivity index (χ1v) is 14.9. The van der Waals surface area contributed by atoms with E-state index in [1.165, 1.54) is 11.1 Å². The Hall–Kier alpha value is -2.75. The van der Waals surface area contributed by atoms with E-state index in [0.29, 0.717) is 22.3 Å². The molecule has 1 N–H and O–H groups in total. The fourth-order valence-electron chi connectivity index (χ4n) is 4.08. The molecule has 7 heteroatoms. The van der Waals surface area contributed by atoms with Gasteiger partial charge >= 0.3 is 0 Å². The quantitative estimate of drug-likeness (QED) is 0.302. The summed E-state index contributed by atoms with van der Waals surface area (Å²) in [5.74, 6) is 1.10. The summed E-state index contributed by atoms with van der Waals surface area (Å²) in [5.41, 5.74) is 4.24. The minimum absolute atomic E-state index is 0.0117. The summed E-state index contributed by atoms with van der Waals surface area (Å²) in [7, 11) is 0. The van der Waals surface area contributed by atoms with Gasteiger partial charge in [-0.3, -0.25) is 4.90 Å². The maximum atomic E-state index is 8.93. The van der Waals surface area contributed by atoms with E-state index in [-0.39, 0.29) is 13.2 Å². The number of rotatable bonds is 7. The molecular weight excluding hydrogens is 541 g/mol. The van der Waals surface area contributed by atoms with E-state index in [9.17, 15) is 0 Å². The lowest BCUT2D eigenvalue weighted by Gasteiger charge is -2.37. The van der Waals surface area contributed by atoms with Gasteiger partial charge in [-0.15, -0.1) is 0 Å². The highest BCUT2D eigenvalue weighted by atomic mass is 35.5. The van der Waals surface area contributed by atoms with Crippen LogP contribution >= 0.6 is 23.2 Å². The first-order chi connectivity index (χ1) is 19.4. The van der Waals surface area contributed by atoms with Gasteiger partial charge in [-0.25, -0.2) is 0 Å². The van der Waals surface area contributed by atoms with Crippen molar-refractivity contribution in [3.63, 3.8) is 0 Å². The van der Waals surface area contributed by atoms with E-state index in [4.69, 9.17) is 38.3 Å². The molecule has 3 aromatic rings. The van der Waals surface area contributed by atoms with Gasteiger partial charge in [-0.05, 0) is 54.8 Å². The van der Waals surface area contributed by atoms with E-state index < -0.39 is 0 Å². The zero-order valence-electron chi connectivity index (χ0n) is 24.8. The zero-order chi connectivity index (χ0) is 29.9. The number of hydrogen-bond acceptors (Lipinski definition) is 5. The molecular formula is C33H45Cl2N3O2. The fraction of sp³-hybridized carbons (Fsp3) is 0.424. The molecule has 218 valence electrons. The third kappa shape index (κ3) is 12.2. The van der Waals surface area contributed by atoms with Gasteiger partial charge in [0.05, 0.1) is 28.9 Å². The van der Waals surface area contributed by atoms with E-state index in [0.717, 1.165) is 43.4 Å². The molecule has 5 nitrogen and oxygen atoms in total. The van der Waals surface area contributed by atoms with Crippen molar-refractivity contribution in [3.8, 4) is 11.8 Å². The van der Waals surface area contributed by atoms with Gasteiger partial charge in [0.15, 0.2) is 0 Å². The van der Waals surface area contributed by atoms with E-state index in [2.05, 4.69) is 34.9 Å². The molecule has 0 saturated carbocycles. The Kier molecular flexibility index (Phi) is 17.8.